The molecule has 0 bridgehead atoms. The number of carbonyl (C=O) groups excluding carboxylic acids is 1. The lowest BCUT2D eigenvalue weighted by atomic mass is 10.0. The van der Waals surface area contributed by atoms with E-state index in [-0.39, 0.29) is 17.4 Å². The van der Waals surface area contributed by atoms with Gasteiger partial charge in [0.2, 0.25) is 5.91 Å². The molecule has 2 rings (SSSR count). The van der Waals surface area contributed by atoms with Crippen LogP contribution in [-0.2, 0) is 14.6 Å². The second kappa shape index (κ2) is 5.33. The molecule has 1 heterocycles. The summed E-state index contributed by atoms with van der Waals surface area (Å²) in [5, 5.41) is 2.78. The number of benzene rings is 1. The third kappa shape index (κ3) is 3.56. The molecule has 5 heteroatoms. The first-order valence-corrected chi connectivity index (χ1v) is 8.31. The molecule has 0 aromatic heterocycles. The minimum absolute atomic E-state index is 0.0249. The molecular weight excluding hydrogens is 262 g/mol. The fourth-order valence-corrected chi connectivity index (χ4v) is 3.94. The van der Waals surface area contributed by atoms with E-state index in [1.807, 2.05) is 24.3 Å². The Hall–Kier alpha value is -1.36. The Labute approximate surface area is 114 Å². The number of amides is 1. The molecule has 104 valence electrons. The molecule has 0 saturated carbocycles. The van der Waals surface area contributed by atoms with Gasteiger partial charge in [0.15, 0.2) is 9.84 Å². The van der Waals surface area contributed by atoms with Crippen LogP contribution in [-0.4, -0.2) is 25.8 Å². The number of sulfone groups is 1. The molecule has 19 heavy (non-hydrogen) atoms. The quantitative estimate of drug-likeness (QED) is 0.923. The van der Waals surface area contributed by atoms with Crippen LogP contribution >= 0.6 is 0 Å². The van der Waals surface area contributed by atoms with Crippen molar-refractivity contribution < 1.29 is 13.2 Å². The summed E-state index contributed by atoms with van der Waals surface area (Å²) in [4.78, 5) is 11.9. The van der Waals surface area contributed by atoms with Gasteiger partial charge in [0, 0.05) is 5.69 Å². The average molecular weight is 281 g/mol. The largest absolute Gasteiger partial charge is 0.326 e. The highest BCUT2D eigenvalue weighted by Gasteiger charge is 2.32. The normalized spacial score (nSPS) is 21.5. The Bertz CT molecular complexity index is 561. The van der Waals surface area contributed by atoms with Crippen LogP contribution in [0.2, 0.25) is 0 Å². The zero-order valence-electron chi connectivity index (χ0n) is 11.2. The van der Waals surface area contributed by atoms with Gasteiger partial charge in [-0.3, -0.25) is 4.79 Å². The Balaban J connectivity index is 1.99. The minimum Gasteiger partial charge on any atom is -0.326 e. The highest BCUT2D eigenvalue weighted by atomic mass is 32.2. The lowest BCUT2D eigenvalue weighted by molar-refractivity contribution is -0.119. The van der Waals surface area contributed by atoms with E-state index in [1.54, 1.807) is 0 Å². The summed E-state index contributed by atoms with van der Waals surface area (Å²) in [5.74, 6) is -0.0572. The standard InChI is InChI=1S/C14H19NO3S/c1-10(2)11-3-5-13(6-4-11)15-14(16)12-7-8-19(17,18)9-12/h3-6,10,12H,7-9H2,1-2H3,(H,15,16)/t12-/m1/s1. The molecule has 1 aliphatic rings. The Morgan fingerprint density at radius 2 is 1.89 bits per heavy atom. The van der Waals surface area contributed by atoms with Crippen LogP contribution in [0.15, 0.2) is 24.3 Å². The summed E-state index contributed by atoms with van der Waals surface area (Å²) in [7, 11) is -3.01. The first-order chi connectivity index (χ1) is 8.87. The van der Waals surface area contributed by atoms with Gasteiger partial charge in [-0.1, -0.05) is 26.0 Å². The van der Waals surface area contributed by atoms with Gasteiger partial charge in [0.1, 0.15) is 0 Å². The van der Waals surface area contributed by atoms with E-state index < -0.39 is 15.8 Å². The van der Waals surface area contributed by atoms with Crippen molar-refractivity contribution in [3.8, 4) is 0 Å². The molecule has 1 N–H and O–H groups in total. The van der Waals surface area contributed by atoms with Crippen LogP contribution in [0.5, 0.6) is 0 Å². The van der Waals surface area contributed by atoms with Gasteiger partial charge in [-0.2, -0.15) is 0 Å². The summed E-state index contributed by atoms with van der Waals surface area (Å²) in [6.07, 6.45) is 0.429. The monoisotopic (exact) mass is 281 g/mol. The lowest BCUT2D eigenvalue weighted by Gasteiger charge is -2.11. The average Bonchev–Trinajstić information content (AvgIpc) is 2.70. The number of carbonyl (C=O) groups is 1. The van der Waals surface area contributed by atoms with Crippen molar-refractivity contribution in [2.24, 2.45) is 5.92 Å². The maximum Gasteiger partial charge on any atom is 0.228 e. The van der Waals surface area contributed by atoms with Crippen molar-refractivity contribution in [3.05, 3.63) is 29.8 Å². The second-order valence-electron chi connectivity index (χ2n) is 5.37. The highest BCUT2D eigenvalue weighted by Crippen LogP contribution is 2.21. The SMILES string of the molecule is CC(C)c1ccc(NC(=O)[C@@H]2CCS(=O)(=O)C2)cc1. The maximum atomic E-state index is 11.9. The van der Waals surface area contributed by atoms with Gasteiger partial charge in [-0.05, 0) is 30.0 Å². The van der Waals surface area contributed by atoms with Crippen LogP contribution in [0.1, 0.15) is 31.7 Å². The molecule has 1 fully saturated rings. The minimum atomic E-state index is -3.01. The lowest BCUT2D eigenvalue weighted by Crippen LogP contribution is -2.23. The van der Waals surface area contributed by atoms with Crippen LogP contribution in [0.3, 0.4) is 0 Å². The zero-order valence-corrected chi connectivity index (χ0v) is 12.0. The Kier molecular flexibility index (Phi) is 3.94. The molecule has 1 aliphatic heterocycles. The zero-order chi connectivity index (χ0) is 14.0. The van der Waals surface area contributed by atoms with Gasteiger partial charge in [0.05, 0.1) is 17.4 Å². The Morgan fingerprint density at radius 1 is 1.26 bits per heavy atom. The van der Waals surface area contributed by atoms with Crippen molar-refractivity contribution in [2.45, 2.75) is 26.2 Å². The fourth-order valence-electron chi connectivity index (χ4n) is 2.20. The summed E-state index contributed by atoms with van der Waals surface area (Å²) in [5.41, 5.74) is 1.93. The van der Waals surface area contributed by atoms with Crippen LogP contribution in [0.25, 0.3) is 0 Å². The van der Waals surface area contributed by atoms with Crippen LogP contribution in [0.4, 0.5) is 5.69 Å². The van der Waals surface area contributed by atoms with Gasteiger partial charge >= 0.3 is 0 Å². The summed E-state index contributed by atoms with van der Waals surface area (Å²) in [6, 6.07) is 7.67. The van der Waals surface area contributed by atoms with E-state index in [4.69, 9.17) is 0 Å². The summed E-state index contributed by atoms with van der Waals surface area (Å²) >= 11 is 0. The number of rotatable bonds is 3. The van der Waals surface area contributed by atoms with Crippen molar-refractivity contribution >= 4 is 21.4 Å². The highest BCUT2D eigenvalue weighted by molar-refractivity contribution is 7.91. The maximum absolute atomic E-state index is 11.9. The molecular formula is C14H19NO3S. The third-order valence-electron chi connectivity index (χ3n) is 3.45. The molecule has 4 nitrogen and oxygen atoms in total. The first-order valence-electron chi connectivity index (χ1n) is 6.48. The van der Waals surface area contributed by atoms with E-state index in [0.717, 1.165) is 5.69 Å². The molecule has 0 unspecified atom stereocenters. The number of anilines is 1. The molecule has 0 spiro atoms. The molecule has 0 radical (unpaired) electrons. The number of nitrogens with one attached hydrogen (secondary N) is 1. The predicted molar refractivity (Wildman–Crippen MR) is 75.9 cm³/mol. The third-order valence-corrected chi connectivity index (χ3v) is 5.22. The van der Waals surface area contributed by atoms with Crippen molar-refractivity contribution in [2.75, 3.05) is 16.8 Å². The molecule has 1 atom stereocenters. The van der Waals surface area contributed by atoms with Crippen LogP contribution in [0, 0.1) is 5.92 Å². The molecule has 1 amide bonds. The molecule has 1 aromatic carbocycles. The summed E-state index contributed by atoms with van der Waals surface area (Å²) < 4.78 is 22.7. The molecule has 1 saturated heterocycles. The Morgan fingerprint density at radius 3 is 2.37 bits per heavy atom. The van der Waals surface area contributed by atoms with E-state index in [0.29, 0.717) is 12.3 Å². The second-order valence-corrected chi connectivity index (χ2v) is 7.59. The number of hydrogen-bond acceptors (Lipinski definition) is 3. The van der Waals surface area contributed by atoms with Crippen LogP contribution < -0.4 is 5.32 Å². The van der Waals surface area contributed by atoms with Crippen molar-refractivity contribution in [3.63, 3.8) is 0 Å². The topological polar surface area (TPSA) is 63.2 Å². The van der Waals surface area contributed by atoms with Gasteiger partial charge in [-0.25, -0.2) is 8.42 Å². The van der Waals surface area contributed by atoms with E-state index in [1.165, 1.54) is 5.56 Å². The predicted octanol–water partition coefficient (Wildman–Crippen LogP) is 2.18. The molecule has 0 aliphatic carbocycles. The van der Waals surface area contributed by atoms with Crippen molar-refractivity contribution in [1.82, 2.24) is 0 Å². The van der Waals surface area contributed by atoms with E-state index in [9.17, 15) is 13.2 Å². The van der Waals surface area contributed by atoms with Gasteiger partial charge < -0.3 is 5.32 Å². The van der Waals surface area contributed by atoms with E-state index in [2.05, 4.69) is 19.2 Å². The van der Waals surface area contributed by atoms with E-state index >= 15 is 0 Å². The molecule has 1 aromatic rings. The smallest absolute Gasteiger partial charge is 0.228 e. The fraction of sp³-hybridized carbons (Fsp3) is 0.500. The van der Waals surface area contributed by atoms with Crippen molar-refractivity contribution in [1.29, 1.82) is 0 Å². The first kappa shape index (κ1) is 14.1. The van der Waals surface area contributed by atoms with Gasteiger partial charge in [0.25, 0.3) is 0 Å². The number of hydrogen-bond donors (Lipinski definition) is 1. The summed E-state index contributed by atoms with van der Waals surface area (Å²) in [6.45, 7) is 4.22. The van der Waals surface area contributed by atoms with Gasteiger partial charge in [-0.15, -0.1) is 0 Å².